The fourth-order valence-electron chi connectivity index (χ4n) is 2.11. The number of amidine groups is 1. The van der Waals surface area contributed by atoms with E-state index in [1.54, 1.807) is 0 Å². The molecule has 0 bridgehead atoms. The molecule has 7 nitrogen and oxygen atoms in total. The van der Waals surface area contributed by atoms with Gasteiger partial charge in [0.1, 0.15) is 23.5 Å². The van der Waals surface area contributed by atoms with E-state index >= 15 is 0 Å². The molecule has 0 amide bonds. The van der Waals surface area contributed by atoms with Crippen LogP contribution in [0.4, 0.5) is 0 Å². The van der Waals surface area contributed by atoms with E-state index in [2.05, 4.69) is 15.5 Å². The average Bonchev–Trinajstić information content (AvgIpc) is 2.96. The lowest BCUT2D eigenvalue weighted by atomic mass is 10.1. The van der Waals surface area contributed by atoms with Crippen LogP contribution < -0.4 is 10.6 Å². The summed E-state index contributed by atoms with van der Waals surface area (Å²) in [6.45, 7) is 0.408. The standard InChI is InChI=1S/C15H15N5O2/c16-15(18-21)9-12-6-7-14-13(8-12)17-19-20(14)22-10-11-4-2-1-3-5-11/h1-8,21H,9-10H2,(H2,16,18). The van der Waals surface area contributed by atoms with E-state index in [0.717, 1.165) is 16.6 Å². The summed E-state index contributed by atoms with van der Waals surface area (Å²) in [5.41, 5.74) is 8.89. The van der Waals surface area contributed by atoms with Gasteiger partial charge in [0.25, 0.3) is 0 Å². The van der Waals surface area contributed by atoms with Crippen molar-refractivity contribution in [3.05, 3.63) is 59.7 Å². The quantitative estimate of drug-likeness (QED) is 0.320. The van der Waals surface area contributed by atoms with Crippen LogP contribution in [0.5, 0.6) is 0 Å². The smallest absolute Gasteiger partial charge is 0.143 e. The van der Waals surface area contributed by atoms with Crippen LogP contribution in [0.1, 0.15) is 11.1 Å². The topological polar surface area (TPSA) is 98.5 Å². The normalized spacial score (nSPS) is 11.7. The Bertz CT molecular complexity index is 798. The maximum Gasteiger partial charge on any atom is 0.143 e. The lowest BCUT2D eigenvalue weighted by Crippen LogP contribution is -2.14. The molecule has 0 atom stereocenters. The Morgan fingerprint density at radius 3 is 2.77 bits per heavy atom. The van der Waals surface area contributed by atoms with E-state index in [1.165, 1.54) is 4.85 Å². The highest BCUT2D eigenvalue weighted by atomic mass is 16.7. The lowest BCUT2D eigenvalue weighted by molar-refractivity contribution is 0.0752. The number of fused-ring (bicyclic) bond motifs is 1. The molecular weight excluding hydrogens is 282 g/mol. The monoisotopic (exact) mass is 297 g/mol. The fraction of sp³-hybridized carbons (Fsp3) is 0.133. The first-order valence-electron chi connectivity index (χ1n) is 6.74. The Morgan fingerprint density at radius 1 is 1.18 bits per heavy atom. The molecule has 2 aromatic carbocycles. The second-order valence-corrected chi connectivity index (χ2v) is 4.81. The zero-order valence-corrected chi connectivity index (χ0v) is 11.8. The molecule has 0 radical (unpaired) electrons. The molecule has 0 fully saturated rings. The van der Waals surface area contributed by atoms with Gasteiger partial charge >= 0.3 is 0 Å². The van der Waals surface area contributed by atoms with Crippen molar-refractivity contribution in [2.75, 3.05) is 0 Å². The zero-order chi connectivity index (χ0) is 15.4. The summed E-state index contributed by atoms with van der Waals surface area (Å²) in [5, 5.41) is 19.6. The van der Waals surface area contributed by atoms with Crippen LogP contribution in [-0.4, -0.2) is 26.2 Å². The number of rotatable bonds is 5. The van der Waals surface area contributed by atoms with Gasteiger partial charge in [0.05, 0.1) is 0 Å². The van der Waals surface area contributed by atoms with E-state index in [-0.39, 0.29) is 5.84 Å². The zero-order valence-electron chi connectivity index (χ0n) is 11.8. The van der Waals surface area contributed by atoms with Gasteiger partial charge in [0.15, 0.2) is 0 Å². The van der Waals surface area contributed by atoms with Gasteiger partial charge in [0, 0.05) is 6.42 Å². The van der Waals surface area contributed by atoms with Gasteiger partial charge in [-0.1, -0.05) is 46.4 Å². The highest BCUT2D eigenvalue weighted by Gasteiger charge is 2.07. The van der Waals surface area contributed by atoms with Gasteiger partial charge < -0.3 is 15.8 Å². The molecular formula is C15H15N5O2. The largest absolute Gasteiger partial charge is 0.409 e. The second kappa shape index (κ2) is 6.13. The minimum absolute atomic E-state index is 0.145. The molecule has 0 saturated heterocycles. The summed E-state index contributed by atoms with van der Waals surface area (Å²) >= 11 is 0. The Hall–Kier alpha value is -3.09. The molecule has 3 rings (SSSR count). The maximum atomic E-state index is 8.60. The summed E-state index contributed by atoms with van der Waals surface area (Å²) in [4.78, 5) is 7.04. The highest BCUT2D eigenvalue weighted by molar-refractivity contribution is 5.83. The SMILES string of the molecule is N/C(Cc1ccc2c(c1)nnn2OCc1ccccc1)=N\O. The first-order chi connectivity index (χ1) is 10.8. The number of hydrogen-bond acceptors (Lipinski definition) is 5. The predicted octanol–water partition coefficient (Wildman–Crippen LogP) is 1.35. The Morgan fingerprint density at radius 2 is 2.00 bits per heavy atom. The number of nitrogens with two attached hydrogens (primary N) is 1. The van der Waals surface area contributed by atoms with Crippen LogP contribution in [0, 0.1) is 0 Å². The van der Waals surface area contributed by atoms with Gasteiger partial charge in [-0.15, -0.1) is 5.10 Å². The lowest BCUT2D eigenvalue weighted by Gasteiger charge is -2.05. The number of aromatic nitrogens is 3. The minimum Gasteiger partial charge on any atom is -0.409 e. The Kier molecular flexibility index (Phi) is 3.86. The molecule has 0 aliphatic rings. The first-order valence-corrected chi connectivity index (χ1v) is 6.74. The van der Waals surface area contributed by atoms with Crippen LogP contribution >= 0.6 is 0 Å². The third-order valence-corrected chi connectivity index (χ3v) is 3.19. The van der Waals surface area contributed by atoms with Gasteiger partial charge in [-0.2, -0.15) is 0 Å². The average molecular weight is 297 g/mol. The molecule has 3 aromatic rings. The second-order valence-electron chi connectivity index (χ2n) is 4.81. The number of benzene rings is 2. The van der Waals surface area contributed by atoms with Crippen molar-refractivity contribution in [3.63, 3.8) is 0 Å². The summed E-state index contributed by atoms with van der Waals surface area (Å²) in [6.07, 6.45) is 0.351. The molecule has 0 saturated carbocycles. The van der Waals surface area contributed by atoms with E-state index in [4.69, 9.17) is 15.8 Å². The van der Waals surface area contributed by atoms with Gasteiger partial charge in [0.2, 0.25) is 0 Å². The Balaban J connectivity index is 1.77. The summed E-state index contributed by atoms with van der Waals surface area (Å²) in [5.74, 6) is 0.145. The molecule has 0 aliphatic carbocycles. The summed E-state index contributed by atoms with van der Waals surface area (Å²) in [7, 11) is 0. The van der Waals surface area contributed by atoms with Gasteiger partial charge in [-0.05, 0) is 28.5 Å². The van der Waals surface area contributed by atoms with E-state index in [0.29, 0.717) is 18.5 Å². The molecule has 112 valence electrons. The van der Waals surface area contributed by atoms with Crippen molar-refractivity contribution < 1.29 is 10.0 Å². The molecule has 7 heteroatoms. The third-order valence-electron chi connectivity index (χ3n) is 3.19. The van der Waals surface area contributed by atoms with Crippen LogP contribution in [0.3, 0.4) is 0 Å². The fourth-order valence-corrected chi connectivity index (χ4v) is 2.11. The molecule has 0 spiro atoms. The van der Waals surface area contributed by atoms with Gasteiger partial charge in [-0.25, -0.2) is 0 Å². The van der Waals surface area contributed by atoms with Crippen LogP contribution in [0.2, 0.25) is 0 Å². The van der Waals surface area contributed by atoms with Crippen LogP contribution in [0.25, 0.3) is 11.0 Å². The first kappa shape index (κ1) is 13.9. The maximum absolute atomic E-state index is 8.60. The molecule has 0 aliphatic heterocycles. The molecule has 3 N–H and O–H groups in total. The van der Waals surface area contributed by atoms with Crippen molar-refractivity contribution in [3.8, 4) is 0 Å². The van der Waals surface area contributed by atoms with Crippen molar-refractivity contribution in [1.29, 1.82) is 0 Å². The molecule has 1 heterocycles. The number of nitrogens with zero attached hydrogens (tertiary/aromatic N) is 4. The molecule has 0 unspecified atom stereocenters. The molecule has 1 aromatic heterocycles. The third kappa shape index (κ3) is 2.98. The summed E-state index contributed by atoms with van der Waals surface area (Å²) < 4.78 is 0. The molecule has 22 heavy (non-hydrogen) atoms. The van der Waals surface area contributed by atoms with Crippen molar-refractivity contribution in [2.24, 2.45) is 10.9 Å². The van der Waals surface area contributed by atoms with Crippen LogP contribution in [-0.2, 0) is 13.0 Å². The van der Waals surface area contributed by atoms with E-state index < -0.39 is 0 Å². The van der Waals surface area contributed by atoms with Crippen molar-refractivity contribution in [1.82, 2.24) is 15.2 Å². The van der Waals surface area contributed by atoms with E-state index in [1.807, 2.05) is 48.5 Å². The van der Waals surface area contributed by atoms with Gasteiger partial charge in [-0.3, -0.25) is 0 Å². The minimum atomic E-state index is 0.145. The highest BCUT2D eigenvalue weighted by Crippen LogP contribution is 2.13. The number of oxime groups is 1. The van der Waals surface area contributed by atoms with Crippen LogP contribution in [0.15, 0.2) is 53.7 Å². The number of hydrogen-bond donors (Lipinski definition) is 2. The van der Waals surface area contributed by atoms with Crippen molar-refractivity contribution >= 4 is 16.9 Å². The van der Waals surface area contributed by atoms with Crippen molar-refractivity contribution in [2.45, 2.75) is 13.0 Å². The van der Waals surface area contributed by atoms with E-state index in [9.17, 15) is 0 Å². The predicted molar refractivity (Wildman–Crippen MR) is 81.4 cm³/mol. The Labute approximate surface area is 126 Å². The summed E-state index contributed by atoms with van der Waals surface area (Å²) in [6, 6.07) is 15.4.